The molecular weight excluding hydrogens is 150 g/mol. The number of hydrogen-bond donors (Lipinski definition) is 0. The zero-order chi connectivity index (χ0) is 8.97. The molecule has 1 rings (SSSR count). The highest BCUT2D eigenvalue weighted by molar-refractivity contribution is 6.03. The number of aromatic nitrogens is 1. The zero-order valence-electron chi connectivity index (χ0n) is 7.08. The summed E-state index contributed by atoms with van der Waals surface area (Å²) in [6.07, 6.45) is 3.74. The number of nitrogens with zero attached hydrogens (tertiary/aromatic N) is 1. The van der Waals surface area contributed by atoms with Crippen molar-refractivity contribution in [1.82, 2.24) is 4.98 Å². The normalized spacial score (nSPS) is 9.42. The topological polar surface area (TPSA) is 30.0 Å². The number of carbonyl (C=O) groups excluding carboxylic acids is 1. The van der Waals surface area contributed by atoms with Gasteiger partial charge >= 0.3 is 0 Å². The van der Waals surface area contributed by atoms with E-state index in [0.29, 0.717) is 5.69 Å². The SMILES string of the molecule is C=CC(=O)c1ncccc1CC. The summed E-state index contributed by atoms with van der Waals surface area (Å²) in [4.78, 5) is 15.2. The van der Waals surface area contributed by atoms with Gasteiger partial charge in [-0.25, -0.2) is 0 Å². The number of rotatable bonds is 3. The fourth-order valence-electron chi connectivity index (χ4n) is 1.04. The van der Waals surface area contributed by atoms with Crippen LogP contribution in [0.4, 0.5) is 0 Å². The molecule has 2 nitrogen and oxygen atoms in total. The molecule has 0 radical (unpaired) electrons. The van der Waals surface area contributed by atoms with Gasteiger partial charge in [0.05, 0.1) is 0 Å². The molecule has 0 aliphatic rings. The van der Waals surface area contributed by atoms with Crippen LogP contribution in [0.3, 0.4) is 0 Å². The molecule has 1 heterocycles. The summed E-state index contributed by atoms with van der Waals surface area (Å²) < 4.78 is 0. The quantitative estimate of drug-likeness (QED) is 0.501. The van der Waals surface area contributed by atoms with Crippen molar-refractivity contribution in [2.24, 2.45) is 0 Å². The molecule has 2 heteroatoms. The Labute approximate surface area is 71.9 Å². The van der Waals surface area contributed by atoms with Crippen molar-refractivity contribution >= 4 is 5.78 Å². The van der Waals surface area contributed by atoms with Crippen LogP contribution >= 0.6 is 0 Å². The maximum absolute atomic E-state index is 11.2. The van der Waals surface area contributed by atoms with Gasteiger partial charge in [0.2, 0.25) is 5.78 Å². The largest absolute Gasteiger partial charge is 0.288 e. The van der Waals surface area contributed by atoms with E-state index in [1.807, 2.05) is 19.1 Å². The average Bonchev–Trinajstić information content (AvgIpc) is 2.16. The van der Waals surface area contributed by atoms with Crippen LogP contribution in [0.25, 0.3) is 0 Å². The Balaban J connectivity index is 3.13. The van der Waals surface area contributed by atoms with Crippen LogP contribution in [0, 0.1) is 0 Å². The molecule has 12 heavy (non-hydrogen) atoms. The Bertz CT molecular complexity index is 304. The van der Waals surface area contributed by atoms with E-state index < -0.39 is 0 Å². The van der Waals surface area contributed by atoms with E-state index in [1.54, 1.807) is 6.20 Å². The standard InChI is InChI=1S/C10H11NO/c1-3-8-6-5-7-11-10(8)9(12)4-2/h4-7H,2-3H2,1H3. The van der Waals surface area contributed by atoms with Gasteiger partial charge in [0.15, 0.2) is 0 Å². The molecule has 1 aromatic rings. The molecule has 62 valence electrons. The molecule has 0 saturated heterocycles. The van der Waals surface area contributed by atoms with Gasteiger partial charge in [0, 0.05) is 6.20 Å². The maximum Gasteiger partial charge on any atom is 0.203 e. The van der Waals surface area contributed by atoms with Gasteiger partial charge in [-0.15, -0.1) is 0 Å². The van der Waals surface area contributed by atoms with Gasteiger partial charge in [-0.3, -0.25) is 9.78 Å². The number of carbonyl (C=O) groups is 1. The Hall–Kier alpha value is -1.44. The Morgan fingerprint density at radius 3 is 3.08 bits per heavy atom. The molecule has 0 N–H and O–H groups in total. The molecule has 0 amide bonds. The van der Waals surface area contributed by atoms with E-state index in [2.05, 4.69) is 11.6 Å². The lowest BCUT2D eigenvalue weighted by atomic mass is 10.1. The summed E-state index contributed by atoms with van der Waals surface area (Å²) in [5.41, 5.74) is 1.50. The van der Waals surface area contributed by atoms with E-state index in [0.717, 1.165) is 12.0 Å². The third kappa shape index (κ3) is 1.59. The minimum Gasteiger partial charge on any atom is -0.288 e. The van der Waals surface area contributed by atoms with Gasteiger partial charge in [-0.1, -0.05) is 19.6 Å². The first kappa shape index (κ1) is 8.65. The molecule has 1 aromatic heterocycles. The summed E-state index contributed by atoms with van der Waals surface area (Å²) >= 11 is 0. The first-order chi connectivity index (χ1) is 5.79. The summed E-state index contributed by atoms with van der Waals surface area (Å²) in [7, 11) is 0. The second-order valence-electron chi connectivity index (χ2n) is 2.43. The third-order valence-electron chi connectivity index (χ3n) is 1.69. The van der Waals surface area contributed by atoms with E-state index in [-0.39, 0.29) is 5.78 Å². The molecule has 0 aromatic carbocycles. The fraction of sp³-hybridized carbons (Fsp3) is 0.200. The molecule has 0 spiro atoms. The van der Waals surface area contributed by atoms with Crippen LogP contribution in [0.5, 0.6) is 0 Å². The molecule has 0 saturated carbocycles. The van der Waals surface area contributed by atoms with Gasteiger partial charge < -0.3 is 0 Å². The molecule has 0 atom stereocenters. The number of pyridine rings is 1. The van der Waals surface area contributed by atoms with E-state index in [9.17, 15) is 4.79 Å². The lowest BCUT2D eigenvalue weighted by Crippen LogP contribution is -2.02. The summed E-state index contributed by atoms with van der Waals surface area (Å²) in [5.74, 6) is -0.104. The average molecular weight is 161 g/mol. The van der Waals surface area contributed by atoms with E-state index >= 15 is 0 Å². The van der Waals surface area contributed by atoms with Crippen molar-refractivity contribution in [3.05, 3.63) is 42.2 Å². The second-order valence-corrected chi connectivity index (χ2v) is 2.43. The van der Waals surface area contributed by atoms with Crippen LogP contribution < -0.4 is 0 Å². The van der Waals surface area contributed by atoms with Crippen molar-refractivity contribution in [2.45, 2.75) is 13.3 Å². The van der Waals surface area contributed by atoms with Crippen LogP contribution in [0.15, 0.2) is 31.0 Å². The lowest BCUT2D eigenvalue weighted by molar-refractivity contribution is 0.104. The van der Waals surface area contributed by atoms with Crippen molar-refractivity contribution in [1.29, 1.82) is 0 Å². The van der Waals surface area contributed by atoms with Crippen molar-refractivity contribution < 1.29 is 4.79 Å². The fourth-order valence-corrected chi connectivity index (χ4v) is 1.04. The summed E-state index contributed by atoms with van der Waals surface area (Å²) in [5, 5.41) is 0. The number of allylic oxidation sites excluding steroid dienone is 1. The predicted molar refractivity (Wildman–Crippen MR) is 48.1 cm³/mol. The predicted octanol–water partition coefficient (Wildman–Crippen LogP) is 2.01. The highest BCUT2D eigenvalue weighted by Gasteiger charge is 2.06. The van der Waals surface area contributed by atoms with E-state index in [1.165, 1.54) is 6.08 Å². The zero-order valence-corrected chi connectivity index (χ0v) is 7.08. The smallest absolute Gasteiger partial charge is 0.203 e. The molecule has 0 aliphatic carbocycles. The van der Waals surface area contributed by atoms with Crippen LogP contribution in [0.2, 0.25) is 0 Å². The van der Waals surface area contributed by atoms with Crippen LogP contribution in [0.1, 0.15) is 23.0 Å². The lowest BCUT2D eigenvalue weighted by Gasteiger charge is -2.00. The second kappa shape index (κ2) is 3.81. The van der Waals surface area contributed by atoms with Crippen molar-refractivity contribution in [2.75, 3.05) is 0 Å². The minimum atomic E-state index is -0.104. The molecular formula is C10H11NO. The van der Waals surface area contributed by atoms with Crippen molar-refractivity contribution in [3.8, 4) is 0 Å². The van der Waals surface area contributed by atoms with Gasteiger partial charge in [-0.2, -0.15) is 0 Å². The number of ketones is 1. The number of hydrogen-bond acceptors (Lipinski definition) is 2. The summed E-state index contributed by atoms with van der Waals surface area (Å²) in [6.45, 7) is 5.42. The van der Waals surface area contributed by atoms with Crippen molar-refractivity contribution in [3.63, 3.8) is 0 Å². The number of aryl methyl sites for hydroxylation is 1. The van der Waals surface area contributed by atoms with E-state index in [4.69, 9.17) is 0 Å². The monoisotopic (exact) mass is 161 g/mol. The molecule has 0 unspecified atom stereocenters. The first-order valence-corrected chi connectivity index (χ1v) is 3.90. The van der Waals surface area contributed by atoms with Gasteiger partial charge in [0.1, 0.15) is 5.69 Å². The maximum atomic E-state index is 11.2. The molecule has 0 aliphatic heterocycles. The highest BCUT2D eigenvalue weighted by Crippen LogP contribution is 2.06. The van der Waals surface area contributed by atoms with Crippen LogP contribution in [-0.4, -0.2) is 10.8 Å². The Morgan fingerprint density at radius 1 is 1.75 bits per heavy atom. The van der Waals surface area contributed by atoms with Gasteiger partial charge in [-0.05, 0) is 24.1 Å². The molecule has 0 fully saturated rings. The Kier molecular flexibility index (Phi) is 2.75. The third-order valence-corrected chi connectivity index (χ3v) is 1.69. The minimum absolute atomic E-state index is 0.104. The Morgan fingerprint density at radius 2 is 2.50 bits per heavy atom. The van der Waals surface area contributed by atoms with Gasteiger partial charge in [0.25, 0.3) is 0 Å². The summed E-state index contributed by atoms with van der Waals surface area (Å²) in [6, 6.07) is 3.74. The highest BCUT2D eigenvalue weighted by atomic mass is 16.1. The molecule has 0 bridgehead atoms. The first-order valence-electron chi connectivity index (χ1n) is 3.90. The van der Waals surface area contributed by atoms with Crippen LogP contribution in [-0.2, 0) is 6.42 Å².